The van der Waals surface area contributed by atoms with Gasteiger partial charge < -0.3 is 24.6 Å². The third kappa shape index (κ3) is 2.59. The van der Waals surface area contributed by atoms with Crippen LogP contribution in [0, 0.1) is 0 Å². The van der Waals surface area contributed by atoms with E-state index in [-0.39, 0.29) is 23.6 Å². The van der Waals surface area contributed by atoms with Crippen LogP contribution in [0.2, 0.25) is 0 Å². The Balaban J connectivity index is 1.86. The predicted octanol–water partition coefficient (Wildman–Crippen LogP) is 3.53. The summed E-state index contributed by atoms with van der Waals surface area (Å²) in [6, 6.07) is 14.7. The first-order valence-corrected chi connectivity index (χ1v) is 9.56. The lowest BCUT2D eigenvalue weighted by Crippen LogP contribution is -2.31. The van der Waals surface area contributed by atoms with E-state index < -0.39 is 17.5 Å². The van der Waals surface area contributed by atoms with E-state index in [1.807, 2.05) is 30.3 Å². The molecule has 1 atom stereocenters. The fourth-order valence-electron chi connectivity index (χ4n) is 4.02. The van der Waals surface area contributed by atoms with Crippen LogP contribution >= 0.6 is 0 Å². The topological polar surface area (TPSA) is 108 Å². The number of para-hydroxylation sites is 2. The minimum Gasteiger partial charge on any atom is -0.462 e. The summed E-state index contributed by atoms with van der Waals surface area (Å²) in [7, 11) is 0. The van der Waals surface area contributed by atoms with Crippen molar-refractivity contribution in [3.05, 3.63) is 87.7 Å². The van der Waals surface area contributed by atoms with Crippen molar-refractivity contribution in [1.29, 1.82) is 0 Å². The van der Waals surface area contributed by atoms with Gasteiger partial charge in [-0.3, -0.25) is 0 Å². The highest BCUT2D eigenvalue weighted by molar-refractivity contribution is 5.97. The molecule has 0 radical (unpaired) electrons. The summed E-state index contributed by atoms with van der Waals surface area (Å²) in [5.74, 6) is -1.23. The Morgan fingerprint density at radius 2 is 1.87 bits per heavy atom. The molecule has 2 aromatic carbocycles. The first kappa shape index (κ1) is 18.1. The van der Waals surface area contributed by atoms with Gasteiger partial charge in [0.25, 0.3) is 0 Å². The summed E-state index contributed by atoms with van der Waals surface area (Å²) in [6.07, 6.45) is 1.77. The van der Waals surface area contributed by atoms with Crippen molar-refractivity contribution in [2.45, 2.75) is 12.8 Å². The molecule has 7 heteroatoms. The number of nitrogens with two attached hydrogens (primary N) is 1. The molecular weight excluding hydrogens is 384 g/mol. The average Bonchev–Trinajstić information content (AvgIpc) is 3.17. The molecule has 0 saturated heterocycles. The van der Waals surface area contributed by atoms with Crippen LogP contribution in [0.15, 0.2) is 75.4 Å². The van der Waals surface area contributed by atoms with Gasteiger partial charge in [0, 0.05) is 17.1 Å². The molecule has 0 spiro atoms. The number of carbonyl (C=O) groups excluding carboxylic acids is 1. The third-order valence-corrected chi connectivity index (χ3v) is 5.28. The molecule has 0 amide bonds. The molecule has 1 aliphatic heterocycles. The van der Waals surface area contributed by atoms with E-state index in [0.29, 0.717) is 22.3 Å². The SMILES string of the molecule is CCOC(=O)C1=C(N)Oc2c(c(=O)oc3ccccc23)[C@@H]1c1c[nH]c2ccccc12. The largest absolute Gasteiger partial charge is 0.462 e. The maximum Gasteiger partial charge on any atom is 0.344 e. The molecular formula is C23H18N2O5. The van der Waals surface area contributed by atoms with Gasteiger partial charge in [0.1, 0.15) is 11.2 Å². The van der Waals surface area contributed by atoms with Crippen LogP contribution in [0.25, 0.3) is 21.9 Å². The molecule has 5 rings (SSSR count). The number of hydrogen-bond acceptors (Lipinski definition) is 6. The molecule has 1 aliphatic rings. The predicted molar refractivity (Wildman–Crippen MR) is 111 cm³/mol. The number of esters is 1. The minimum absolute atomic E-state index is 0.0803. The van der Waals surface area contributed by atoms with Crippen molar-refractivity contribution in [1.82, 2.24) is 4.98 Å². The van der Waals surface area contributed by atoms with Crippen molar-refractivity contribution in [3.8, 4) is 5.75 Å². The fourth-order valence-corrected chi connectivity index (χ4v) is 4.02. The van der Waals surface area contributed by atoms with Crippen molar-refractivity contribution in [2.75, 3.05) is 6.61 Å². The number of hydrogen-bond donors (Lipinski definition) is 2. The highest BCUT2D eigenvalue weighted by Gasteiger charge is 2.40. The average molecular weight is 402 g/mol. The number of aromatic amines is 1. The Morgan fingerprint density at radius 1 is 1.13 bits per heavy atom. The number of ether oxygens (including phenoxy) is 2. The molecule has 2 aromatic heterocycles. The summed E-state index contributed by atoms with van der Waals surface area (Å²) in [5.41, 5.74) is 7.89. The van der Waals surface area contributed by atoms with E-state index >= 15 is 0 Å². The van der Waals surface area contributed by atoms with E-state index in [1.54, 1.807) is 31.3 Å². The first-order valence-electron chi connectivity index (χ1n) is 9.56. The number of fused-ring (bicyclic) bond motifs is 4. The van der Waals surface area contributed by atoms with E-state index in [0.717, 1.165) is 10.9 Å². The standard InChI is InChI=1S/C23H18N2O5/c1-2-28-22(26)19-17(14-11-25-15-9-5-3-7-12(14)15)18-20(30-21(19)24)13-8-4-6-10-16(13)29-23(18)27/h3-11,17,25H,2,24H2,1H3/t17-/m0/s1. The van der Waals surface area contributed by atoms with E-state index in [9.17, 15) is 9.59 Å². The van der Waals surface area contributed by atoms with Gasteiger partial charge in [0.2, 0.25) is 5.88 Å². The second-order valence-electron chi connectivity index (χ2n) is 6.95. The van der Waals surface area contributed by atoms with Crippen molar-refractivity contribution < 1.29 is 18.7 Å². The van der Waals surface area contributed by atoms with Crippen LogP contribution in [0.4, 0.5) is 0 Å². The first-order chi connectivity index (χ1) is 14.6. The Bertz CT molecular complexity index is 1400. The zero-order chi connectivity index (χ0) is 20.8. The van der Waals surface area contributed by atoms with Gasteiger partial charge in [-0.2, -0.15) is 0 Å². The molecule has 3 N–H and O–H groups in total. The fraction of sp³-hybridized carbons (Fsp3) is 0.130. The van der Waals surface area contributed by atoms with E-state index in [1.165, 1.54) is 0 Å². The van der Waals surface area contributed by atoms with Gasteiger partial charge in [-0.15, -0.1) is 0 Å². The maximum absolute atomic E-state index is 13.1. The number of H-pyrrole nitrogens is 1. The molecule has 0 bridgehead atoms. The molecule has 0 saturated carbocycles. The summed E-state index contributed by atoms with van der Waals surface area (Å²) < 4.78 is 16.6. The van der Waals surface area contributed by atoms with E-state index in [2.05, 4.69) is 4.98 Å². The number of aromatic nitrogens is 1. The highest BCUT2D eigenvalue weighted by atomic mass is 16.5. The van der Waals surface area contributed by atoms with Crippen molar-refractivity contribution in [2.24, 2.45) is 5.73 Å². The normalized spacial score (nSPS) is 15.8. The Kier molecular flexibility index (Phi) is 4.10. The van der Waals surface area contributed by atoms with Crippen LogP contribution < -0.4 is 16.1 Å². The maximum atomic E-state index is 13.1. The smallest absolute Gasteiger partial charge is 0.344 e. The van der Waals surface area contributed by atoms with Crippen LogP contribution in [-0.2, 0) is 9.53 Å². The second kappa shape index (κ2) is 6.81. The molecule has 0 fully saturated rings. The molecule has 0 unspecified atom stereocenters. The lowest BCUT2D eigenvalue weighted by atomic mass is 9.83. The van der Waals surface area contributed by atoms with Crippen molar-refractivity contribution in [3.63, 3.8) is 0 Å². The second-order valence-corrected chi connectivity index (χ2v) is 6.95. The minimum atomic E-state index is -0.801. The molecule has 7 nitrogen and oxygen atoms in total. The van der Waals surface area contributed by atoms with Gasteiger partial charge >= 0.3 is 11.6 Å². The lowest BCUT2D eigenvalue weighted by Gasteiger charge is -2.27. The van der Waals surface area contributed by atoms with Gasteiger partial charge in [-0.25, -0.2) is 9.59 Å². The van der Waals surface area contributed by atoms with Gasteiger partial charge in [-0.05, 0) is 30.7 Å². The van der Waals surface area contributed by atoms with E-state index in [4.69, 9.17) is 19.6 Å². The zero-order valence-corrected chi connectivity index (χ0v) is 16.1. The van der Waals surface area contributed by atoms with Crippen LogP contribution in [0.3, 0.4) is 0 Å². The molecule has 150 valence electrons. The quantitative estimate of drug-likeness (QED) is 0.401. The molecule has 0 aliphatic carbocycles. The number of rotatable bonds is 3. The van der Waals surface area contributed by atoms with Gasteiger partial charge in [0.15, 0.2) is 5.75 Å². The summed E-state index contributed by atoms with van der Waals surface area (Å²) >= 11 is 0. The highest BCUT2D eigenvalue weighted by Crippen LogP contribution is 2.45. The molecule has 30 heavy (non-hydrogen) atoms. The zero-order valence-electron chi connectivity index (χ0n) is 16.1. The molecule has 4 aromatic rings. The van der Waals surface area contributed by atoms with Crippen molar-refractivity contribution >= 4 is 27.8 Å². The Labute approximate surface area is 170 Å². The van der Waals surface area contributed by atoms with Gasteiger partial charge in [0.05, 0.1) is 23.5 Å². The monoisotopic (exact) mass is 402 g/mol. The van der Waals surface area contributed by atoms with Gasteiger partial charge in [-0.1, -0.05) is 30.3 Å². The number of nitrogens with one attached hydrogen (secondary N) is 1. The number of benzene rings is 2. The van der Waals surface area contributed by atoms with Crippen LogP contribution in [-0.4, -0.2) is 17.6 Å². The summed E-state index contributed by atoms with van der Waals surface area (Å²) in [6.45, 7) is 1.87. The molecule has 3 heterocycles. The van der Waals surface area contributed by atoms with Crippen LogP contribution in [0.5, 0.6) is 5.75 Å². The summed E-state index contributed by atoms with van der Waals surface area (Å²) in [4.78, 5) is 29.1. The Hall–Kier alpha value is -4.00. The summed E-state index contributed by atoms with van der Waals surface area (Å²) in [5, 5.41) is 1.46. The lowest BCUT2D eigenvalue weighted by molar-refractivity contribution is -0.139. The Morgan fingerprint density at radius 3 is 2.67 bits per heavy atom. The number of carbonyl (C=O) groups is 1. The van der Waals surface area contributed by atoms with Crippen LogP contribution in [0.1, 0.15) is 24.0 Å². The third-order valence-electron chi connectivity index (χ3n) is 5.28.